The van der Waals surface area contributed by atoms with Crippen molar-refractivity contribution in [1.82, 2.24) is 0 Å². The van der Waals surface area contributed by atoms with Crippen molar-refractivity contribution in [3.8, 4) is 0 Å². The first-order valence-corrected chi connectivity index (χ1v) is 6.00. The zero-order chi connectivity index (χ0) is 12.7. The Kier molecular flexibility index (Phi) is 17.9. The van der Waals surface area contributed by atoms with Gasteiger partial charge in [-0.05, 0) is 0 Å². The smallest absolute Gasteiger partial charge is 0.412 e. The van der Waals surface area contributed by atoms with Gasteiger partial charge in [-0.3, -0.25) is 111 Å². The quantitative estimate of drug-likeness (QED) is 0.466. The topological polar surface area (TPSA) is 31.5 Å². The van der Waals surface area contributed by atoms with E-state index in [1.807, 2.05) is 111 Å². The molecule has 3 rings (SSSR count). The molecule has 3 aliphatic carbocycles. The SMILES string of the molecule is C1=C[CH-][CH-]C=C1.C1=C[CH-][CH-]C=C1.C1=C[CH-][CH-]C=C1.O.[Ag+]. The van der Waals surface area contributed by atoms with Gasteiger partial charge in [0.25, 0.3) is 0 Å². The summed E-state index contributed by atoms with van der Waals surface area (Å²) in [6.45, 7) is 0. The molecule has 0 radical (unpaired) electrons. The first-order chi connectivity index (χ1) is 9.00. The average Bonchev–Trinajstić information content (AvgIpc) is 2.54. The predicted molar refractivity (Wildman–Crippen MR) is 84.3 cm³/mol. The molecule has 3 aliphatic rings. The fourth-order valence-corrected chi connectivity index (χ4v) is 1.15. The van der Waals surface area contributed by atoms with Crippen molar-refractivity contribution >= 4 is 0 Å². The molecule has 114 valence electrons. The van der Waals surface area contributed by atoms with E-state index in [0.717, 1.165) is 0 Å². The monoisotopic (exact) mass is 359 g/mol. The normalized spacial score (nSPS) is 14.4. The molecule has 20 heavy (non-hydrogen) atoms. The van der Waals surface area contributed by atoms with Crippen molar-refractivity contribution in [3.05, 3.63) is 111 Å². The van der Waals surface area contributed by atoms with Gasteiger partial charge in [0, 0.05) is 0 Å². The Morgan fingerprint density at radius 1 is 0.350 bits per heavy atom. The Morgan fingerprint density at radius 3 is 0.550 bits per heavy atom. The van der Waals surface area contributed by atoms with Crippen molar-refractivity contribution in [1.29, 1.82) is 0 Å². The Balaban J connectivity index is 0. The van der Waals surface area contributed by atoms with Crippen LogP contribution in [0.4, 0.5) is 0 Å². The van der Waals surface area contributed by atoms with E-state index in [1.165, 1.54) is 0 Å². The van der Waals surface area contributed by atoms with Crippen LogP contribution in [0.5, 0.6) is 0 Å². The van der Waals surface area contributed by atoms with Crippen molar-refractivity contribution < 1.29 is 27.9 Å². The number of hydrogen-bond donors (Lipinski definition) is 0. The van der Waals surface area contributed by atoms with Gasteiger partial charge in [0.1, 0.15) is 0 Å². The van der Waals surface area contributed by atoms with E-state index < -0.39 is 0 Å². The zero-order valence-electron chi connectivity index (χ0n) is 11.2. The Bertz CT molecular complexity index is 267. The molecular formula is C18H20AgO-5. The Hall–Kier alpha value is -1.64. The van der Waals surface area contributed by atoms with Gasteiger partial charge in [-0.1, -0.05) is 0 Å². The van der Waals surface area contributed by atoms with E-state index in [1.54, 1.807) is 0 Å². The van der Waals surface area contributed by atoms with Gasteiger partial charge < -0.3 is 5.48 Å². The molecule has 0 aliphatic heterocycles. The summed E-state index contributed by atoms with van der Waals surface area (Å²) in [6.07, 6.45) is 36.0. The van der Waals surface area contributed by atoms with E-state index in [0.29, 0.717) is 0 Å². The van der Waals surface area contributed by atoms with Crippen LogP contribution in [-0.4, -0.2) is 5.48 Å². The van der Waals surface area contributed by atoms with Gasteiger partial charge in [-0.25, -0.2) is 0 Å². The van der Waals surface area contributed by atoms with Crippen LogP contribution in [0.25, 0.3) is 0 Å². The molecule has 0 fully saturated rings. The van der Waals surface area contributed by atoms with E-state index in [-0.39, 0.29) is 27.9 Å². The molecule has 0 aromatic carbocycles. The van der Waals surface area contributed by atoms with E-state index in [4.69, 9.17) is 0 Å². The van der Waals surface area contributed by atoms with Crippen LogP contribution in [0.3, 0.4) is 0 Å². The van der Waals surface area contributed by atoms with Crippen molar-refractivity contribution in [2.24, 2.45) is 0 Å². The molecule has 0 spiro atoms. The fourth-order valence-electron chi connectivity index (χ4n) is 1.15. The molecule has 0 amide bonds. The number of allylic oxidation sites excluding steroid dienone is 12. The Labute approximate surface area is 139 Å². The molecule has 0 aromatic heterocycles. The third kappa shape index (κ3) is 14.4. The fraction of sp³-hybridized carbons (Fsp3) is 0. The van der Waals surface area contributed by atoms with Crippen LogP contribution in [-0.2, 0) is 22.4 Å². The van der Waals surface area contributed by atoms with Gasteiger partial charge in [0.05, 0.1) is 0 Å². The van der Waals surface area contributed by atoms with Gasteiger partial charge in [-0.2, -0.15) is 0 Å². The first-order valence-electron chi connectivity index (χ1n) is 6.00. The minimum atomic E-state index is 0. The third-order valence-corrected chi connectivity index (χ3v) is 2.00. The zero-order valence-corrected chi connectivity index (χ0v) is 12.7. The van der Waals surface area contributed by atoms with Crippen molar-refractivity contribution in [3.63, 3.8) is 0 Å². The van der Waals surface area contributed by atoms with Gasteiger partial charge in [0.15, 0.2) is 0 Å². The molecule has 0 saturated carbocycles. The summed E-state index contributed by atoms with van der Waals surface area (Å²) in [6, 6.07) is 0. The first kappa shape index (κ1) is 20.7. The van der Waals surface area contributed by atoms with E-state index in [9.17, 15) is 0 Å². The standard InChI is InChI=1S/3C6H6.Ag.H2O/c3*1-2-4-6-5-3-1;;/h3*1-6H;;1H2/q3*-2;+1;. The van der Waals surface area contributed by atoms with Gasteiger partial charge in [0.2, 0.25) is 0 Å². The van der Waals surface area contributed by atoms with Gasteiger partial charge >= 0.3 is 22.4 Å². The average molecular weight is 360 g/mol. The second-order valence-electron chi connectivity index (χ2n) is 3.46. The maximum atomic E-state index is 2.00. The molecular weight excluding hydrogens is 340 g/mol. The van der Waals surface area contributed by atoms with Crippen LogP contribution >= 0.6 is 0 Å². The summed E-state index contributed by atoms with van der Waals surface area (Å²) >= 11 is 0. The van der Waals surface area contributed by atoms with Crippen molar-refractivity contribution in [2.75, 3.05) is 0 Å². The van der Waals surface area contributed by atoms with Crippen molar-refractivity contribution in [2.45, 2.75) is 0 Å². The maximum Gasteiger partial charge on any atom is 1.00 e. The van der Waals surface area contributed by atoms with Crippen LogP contribution in [0.15, 0.2) is 72.9 Å². The molecule has 0 aromatic rings. The minimum Gasteiger partial charge on any atom is -0.412 e. The Morgan fingerprint density at radius 2 is 0.500 bits per heavy atom. The molecule has 0 saturated heterocycles. The molecule has 0 atom stereocenters. The molecule has 2 N–H and O–H groups in total. The van der Waals surface area contributed by atoms with Crippen LogP contribution < -0.4 is 0 Å². The second kappa shape index (κ2) is 17.4. The molecule has 0 bridgehead atoms. The summed E-state index contributed by atoms with van der Waals surface area (Å²) in [7, 11) is 0. The molecule has 0 heterocycles. The summed E-state index contributed by atoms with van der Waals surface area (Å²) in [5, 5.41) is 0. The molecule has 0 unspecified atom stereocenters. The summed E-state index contributed by atoms with van der Waals surface area (Å²) < 4.78 is 0. The summed E-state index contributed by atoms with van der Waals surface area (Å²) in [5.41, 5.74) is 0. The predicted octanol–water partition coefficient (Wildman–Crippen LogP) is 3.74. The summed E-state index contributed by atoms with van der Waals surface area (Å²) in [5.74, 6) is 0. The van der Waals surface area contributed by atoms with Gasteiger partial charge in [-0.15, -0.1) is 0 Å². The van der Waals surface area contributed by atoms with Crippen LogP contribution in [0.1, 0.15) is 0 Å². The molecule has 2 heteroatoms. The second-order valence-corrected chi connectivity index (χ2v) is 3.46. The van der Waals surface area contributed by atoms with E-state index >= 15 is 0 Å². The maximum absolute atomic E-state index is 2.00. The number of rotatable bonds is 0. The largest absolute Gasteiger partial charge is 1.00 e. The minimum absolute atomic E-state index is 0. The van der Waals surface area contributed by atoms with E-state index in [2.05, 4.69) is 0 Å². The van der Waals surface area contributed by atoms with Crippen LogP contribution in [0, 0.1) is 38.5 Å². The molecule has 1 nitrogen and oxygen atoms in total. The summed E-state index contributed by atoms with van der Waals surface area (Å²) in [4.78, 5) is 0. The number of hydrogen-bond acceptors (Lipinski definition) is 0. The van der Waals surface area contributed by atoms with Crippen LogP contribution in [0.2, 0.25) is 0 Å². The third-order valence-electron chi connectivity index (χ3n) is 2.00.